The number of carbonyl (C=O) groups is 2. The lowest BCUT2D eigenvalue weighted by atomic mass is 9.92. The molecule has 35 heavy (non-hydrogen) atoms. The number of carbonyl (C=O) groups excluding carboxylic acids is 1. The third kappa shape index (κ3) is 4.72. The average Bonchev–Trinajstić information content (AvgIpc) is 3.38. The first kappa shape index (κ1) is 22.6. The molecule has 7 nitrogen and oxygen atoms in total. The molecular weight excluding hydrogens is 440 g/mol. The maximum atomic E-state index is 13.6. The number of hydrogen-bond donors (Lipinski definition) is 3. The first-order valence-electron chi connectivity index (χ1n) is 11.5. The fraction of sp³-hybridized carbons (Fsp3) is 0.179. The van der Waals surface area contributed by atoms with E-state index in [4.69, 9.17) is 10.8 Å². The zero-order valence-electron chi connectivity index (χ0n) is 19.1. The van der Waals surface area contributed by atoms with Crippen molar-refractivity contribution in [2.45, 2.75) is 31.5 Å². The van der Waals surface area contributed by atoms with Gasteiger partial charge < -0.3 is 20.7 Å². The summed E-state index contributed by atoms with van der Waals surface area (Å²) in [5, 5.41) is 9.11. The summed E-state index contributed by atoms with van der Waals surface area (Å²) in [4.78, 5) is 34.6. The van der Waals surface area contributed by atoms with Gasteiger partial charge in [-0.25, -0.2) is 9.78 Å². The van der Waals surface area contributed by atoms with Crippen LogP contribution in [-0.4, -0.2) is 37.9 Å². The van der Waals surface area contributed by atoms with Crippen LogP contribution in [-0.2, 0) is 24.2 Å². The van der Waals surface area contributed by atoms with Gasteiger partial charge in [-0.3, -0.25) is 4.79 Å². The molecule has 5 rings (SSSR count). The number of aromatic nitrogens is 2. The van der Waals surface area contributed by atoms with Crippen LogP contribution in [0, 0.1) is 0 Å². The van der Waals surface area contributed by atoms with Crippen LogP contribution in [0.15, 0.2) is 85.1 Å². The van der Waals surface area contributed by atoms with Crippen molar-refractivity contribution in [1.29, 1.82) is 0 Å². The molecule has 0 saturated carbocycles. The number of H-pyrrole nitrogens is 1. The van der Waals surface area contributed by atoms with Crippen molar-refractivity contribution in [3.05, 3.63) is 113 Å². The van der Waals surface area contributed by atoms with Gasteiger partial charge in [0.25, 0.3) is 0 Å². The molecule has 2 atom stereocenters. The number of fused-ring (bicyclic) bond motifs is 1. The van der Waals surface area contributed by atoms with E-state index in [1.807, 2.05) is 53.4 Å². The van der Waals surface area contributed by atoms with Gasteiger partial charge in [0.05, 0.1) is 29.5 Å². The molecule has 2 heterocycles. The van der Waals surface area contributed by atoms with Crippen LogP contribution < -0.4 is 5.73 Å². The largest absolute Gasteiger partial charge is 0.478 e. The fourth-order valence-corrected chi connectivity index (χ4v) is 4.61. The summed E-state index contributed by atoms with van der Waals surface area (Å²) >= 11 is 0. The summed E-state index contributed by atoms with van der Waals surface area (Å²) in [6, 6.07) is 23.5. The van der Waals surface area contributed by atoms with Gasteiger partial charge in [0.1, 0.15) is 5.82 Å². The Bertz CT molecular complexity index is 1350. The van der Waals surface area contributed by atoms with Crippen molar-refractivity contribution in [2.75, 3.05) is 0 Å². The SMILES string of the molecule is N[C@@H](Cc1ccc(C(=O)O)cc1)C(=O)N1Cc2ccccc2C[C@H]1c1ncc(-c2ccccc2)[nH]1. The van der Waals surface area contributed by atoms with E-state index < -0.39 is 12.0 Å². The molecule has 0 unspecified atom stereocenters. The standard InChI is InChI=1S/C28H26N4O3/c29-23(14-18-10-12-20(13-11-18)28(34)35)27(33)32-17-22-9-5-4-8-21(22)15-25(32)26-30-16-24(31-26)19-6-2-1-3-7-19/h1-13,16,23,25H,14-15,17,29H2,(H,30,31)(H,34,35)/t23-,25-/m0/s1. The highest BCUT2D eigenvalue weighted by Crippen LogP contribution is 2.33. The van der Waals surface area contributed by atoms with E-state index >= 15 is 0 Å². The fourth-order valence-electron chi connectivity index (χ4n) is 4.61. The highest BCUT2D eigenvalue weighted by atomic mass is 16.4. The van der Waals surface area contributed by atoms with Crippen LogP contribution in [0.25, 0.3) is 11.3 Å². The van der Waals surface area contributed by atoms with E-state index in [1.54, 1.807) is 18.3 Å². The van der Waals surface area contributed by atoms with E-state index in [0.29, 0.717) is 19.4 Å². The summed E-state index contributed by atoms with van der Waals surface area (Å²) in [6.07, 6.45) is 2.76. The lowest BCUT2D eigenvalue weighted by molar-refractivity contribution is -0.136. The smallest absolute Gasteiger partial charge is 0.335 e. The first-order valence-corrected chi connectivity index (χ1v) is 11.5. The lowest BCUT2D eigenvalue weighted by Gasteiger charge is -2.37. The number of hydrogen-bond acceptors (Lipinski definition) is 4. The Kier molecular flexibility index (Phi) is 6.16. The summed E-state index contributed by atoms with van der Waals surface area (Å²) in [6.45, 7) is 0.451. The minimum atomic E-state index is -0.986. The minimum absolute atomic E-state index is 0.163. The van der Waals surface area contributed by atoms with Gasteiger partial charge in [0.2, 0.25) is 5.91 Å². The number of benzene rings is 3. The maximum Gasteiger partial charge on any atom is 0.335 e. The Balaban J connectivity index is 1.41. The predicted molar refractivity (Wildman–Crippen MR) is 133 cm³/mol. The van der Waals surface area contributed by atoms with E-state index in [0.717, 1.165) is 28.2 Å². The van der Waals surface area contributed by atoms with Gasteiger partial charge in [-0.2, -0.15) is 0 Å². The van der Waals surface area contributed by atoms with Crippen molar-refractivity contribution in [3.63, 3.8) is 0 Å². The van der Waals surface area contributed by atoms with Gasteiger partial charge in [0.15, 0.2) is 0 Å². The topological polar surface area (TPSA) is 112 Å². The lowest BCUT2D eigenvalue weighted by Crippen LogP contribution is -2.48. The number of nitrogens with zero attached hydrogens (tertiary/aromatic N) is 2. The number of carboxylic acid groups (broad SMARTS) is 1. The van der Waals surface area contributed by atoms with Crippen LogP contribution in [0.4, 0.5) is 0 Å². The Morgan fingerprint density at radius 2 is 1.69 bits per heavy atom. The van der Waals surface area contributed by atoms with Crippen LogP contribution >= 0.6 is 0 Å². The van der Waals surface area contributed by atoms with Gasteiger partial charge >= 0.3 is 5.97 Å². The summed E-state index contributed by atoms with van der Waals surface area (Å²) in [7, 11) is 0. The van der Waals surface area contributed by atoms with Gasteiger partial charge in [-0.05, 0) is 40.8 Å². The maximum absolute atomic E-state index is 13.6. The number of aromatic carboxylic acids is 1. The Hall–Kier alpha value is -4.23. The van der Waals surface area contributed by atoms with Gasteiger partial charge in [-0.15, -0.1) is 0 Å². The van der Waals surface area contributed by atoms with Crippen LogP contribution in [0.2, 0.25) is 0 Å². The molecule has 0 spiro atoms. The molecule has 0 fully saturated rings. The number of imidazole rings is 1. The van der Waals surface area contributed by atoms with Crippen molar-refractivity contribution in [2.24, 2.45) is 5.73 Å². The second-order valence-electron chi connectivity index (χ2n) is 8.82. The third-order valence-electron chi connectivity index (χ3n) is 6.50. The first-order chi connectivity index (χ1) is 17.0. The van der Waals surface area contributed by atoms with Crippen LogP contribution in [0.3, 0.4) is 0 Å². The number of rotatable bonds is 6. The molecule has 7 heteroatoms. The number of amides is 1. The summed E-state index contributed by atoms with van der Waals surface area (Å²) < 4.78 is 0. The summed E-state index contributed by atoms with van der Waals surface area (Å²) in [5.41, 5.74) is 11.6. The molecule has 1 aliphatic heterocycles. The molecule has 1 aromatic heterocycles. The van der Waals surface area contributed by atoms with Crippen LogP contribution in [0.5, 0.6) is 0 Å². The molecule has 0 aliphatic carbocycles. The second kappa shape index (κ2) is 9.56. The number of nitrogens with two attached hydrogens (primary N) is 1. The zero-order valence-corrected chi connectivity index (χ0v) is 19.1. The molecule has 1 amide bonds. The third-order valence-corrected chi connectivity index (χ3v) is 6.50. The predicted octanol–water partition coefficient (Wildman–Crippen LogP) is 3.97. The monoisotopic (exact) mass is 466 g/mol. The molecule has 0 bridgehead atoms. The molecular formula is C28H26N4O3. The summed E-state index contributed by atoms with van der Waals surface area (Å²) in [5.74, 6) is -0.422. The zero-order chi connectivity index (χ0) is 24.4. The van der Waals surface area contributed by atoms with Crippen molar-refractivity contribution in [3.8, 4) is 11.3 Å². The molecule has 3 aromatic carbocycles. The van der Waals surface area contributed by atoms with Crippen molar-refractivity contribution < 1.29 is 14.7 Å². The van der Waals surface area contributed by atoms with Gasteiger partial charge in [0, 0.05) is 13.0 Å². The molecule has 0 saturated heterocycles. The minimum Gasteiger partial charge on any atom is -0.478 e. The number of aromatic amines is 1. The van der Waals surface area contributed by atoms with Crippen molar-refractivity contribution in [1.82, 2.24) is 14.9 Å². The Labute approximate surface area is 203 Å². The van der Waals surface area contributed by atoms with Gasteiger partial charge in [-0.1, -0.05) is 66.7 Å². The normalized spacial score (nSPS) is 15.9. The number of nitrogens with one attached hydrogen (secondary N) is 1. The molecule has 4 N–H and O–H groups in total. The molecule has 4 aromatic rings. The highest BCUT2D eigenvalue weighted by molar-refractivity contribution is 5.87. The molecule has 176 valence electrons. The highest BCUT2D eigenvalue weighted by Gasteiger charge is 2.35. The quantitative estimate of drug-likeness (QED) is 0.398. The Morgan fingerprint density at radius 1 is 1.00 bits per heavy atom. The molecule has 0 radical (unpaired) electrons. The van der Waals surface area contributed by atoms with E-state index in [-0.39, 0.29) is 17.5 Å². The van der Waals surface area contributed by atoms with E-state index in [9.17, 15) is 9.59 Å². The average molecular weight is 467 g/mol. The van der Waals surface area contributed by atoms with Crippen molar-refractivity contribution >= 4 is 11.9 Å². The van der Waals surface area contributed by atoms with E-state index in [2.05, 4.69) is 16.0 Å². The number of carboxylic acids is 1. The second-order valence-corrected chi connectivity index (χ2v) is 8.82. The Morgan fingerprint density at radius 3 is 2.40 bits per heavy atom. The van der Waals surface area contributed by atoms with Crippen LogP contribution in [0.1, 0.15) is 38.9 Å². The molecule has 1 aliphatic rings. The van der Waals surface area contributed by atoms with E-state index in [1.165, 1.54) is 17.7 Å².